The van der Waals surface area contributed by atoms with Crippen LogP contribution in [0.15, 0.2) is 127 Å². The second-order valence-electron chi connectivity index (χ2n) is 9.41. The molecule has 3 nitrogen and oxygen atoms in total. The van der Waals surface area contributed by atoms with Gasteiger partial charge in [0.1, 0.15) is 5.75 Å². The Bertz CT molecular complexity index is 1880. The highest BCUT2D eigenvalue weighted by molar-refractivity contribution is 7.79. The van der Waals surface area contributed by atoms with Crippen LogP contribution >= 0.6 is 7.14 Å². The molecule has 0 radical (unpaired) electrons. The molecule has 1 N–H and O–H groups in total. The summed E-state index contributed by atoms with van der Waals surface area (Å²) in [5, 5.41) is 9.86. The molecule has 0 amide bonds. The Kier molecular flexibility index (Phi) is 6.45. The van der Waals surface area contributed by atoms with Gasteiger partial charge in [-0.3, -0.25) is 0 Å². The van der Waals surface area contributed by atoms with Gasteiger partial charge >= 0.3 is 0 Å². The minimum absolute atomic E-state index is 0.317. The maximum Gasteiger partial charge on any atom is 0.152 e. The van der Waals surface area contributed by atoms with Gasteiger partial charge in [0.2, 0.25) is 0 Å². The lowest BCUT2D eigenvalue weighted by molar-refractivity contribution is 0.418. The molecule has 0 unspecified atom stereocenters. The van der Waals surface area contributed by atoms with E-state index < -0.39 is 7.14 Å². The van der Waals surface area contributed by atoms with Crippen molar-refractivity contribution in [3.05, 3.63) is 154 Å². The van der Waals surface area contributed by atoms with E-state index in [1.54, 1.807) is 7.11 Å². The smallest absolute Gasteiger partial charge is 0.152 e. The average Bonchev–Trinajstić information content (AvgIpc) is 3.35. The summed E-state index contributed by atoms with van der Waals surface area (Å²) in [7, 11) is -1.52. The van der Waals surface area contributed by atoms with Crippen LogP contribution in [0.4, 0.5) is 5.69 Å². The van der Waals surface area contributed by atoms with Crippen LogP contribution in [0.2, 0.25) is 0 Å². The fraction of sp³-hybridized carbons (Fsp3) is 0.0588. The van der Waals surface area contributed by atoms with Gasteiger partial charge < -0.3 is 14.6 Å². The Morgan fingerprint density at radius 3 is 2.21 bits per heavy atom. The molecule has 0 aliphatic heterocycles. The summed E-state index contributed by atoms with van der Waals surface area (Å²) in [6, 6.07) is 42.5. The molecule has 38 heavy (non-hydrogen) atoms. The Balaban J connectivity index is 1.58. The normalized spacial score (nSPS) is 13.9. The lowest BCUT2D eigenvalue weighted by atomic mass is 10.1. The van der Waals surface area contributed by atoms with Crippen LogP contribution in [0.5, 0.6) is 5.75 Å². The Hall–Kier alpha value is -4.33. The van der Waals surface area contributed by atoms with Gasteiger partial charge in [0.15, 0.2) is 7.14 Å². The molecule has 6 rings (SSSR count). The van der Waals surface area contributed by atoms with Crippen molar-refractivity contribution in [3.8, 4) is 5.75 Å². The van der Waals surface area contributed by atoms with Crippen LogP contribution < -0.4 is 31.1 Å². The van der Waals surface area contributed by atoms with E-state index in [2.05, 4.69) is 53.9 Å². The first-order valence-corrected chi connectivity index (χ1v) is 14.6. The van der Waals surface area contributed by atoms with Crippen molar-refractivity contribution < 1.29 is 9.30 Å². The molecule has 186 valence electrons. The van der Waals surface area contributed by atoms with Crippen LogP contribution in [0.1, 0.15) is 5.56 Å². The van der Waals surface area contributed by atoms with Gasteiger partial charge in [-0.15, -0.1) is 0 Å². The number of hydrogen-bond acceptors (Lipinski definition) is 3. The lowest BCUT2D eigenvalue weighted by Gasteiger charge is -2.24. The maximum atomic E-state index is 15.2. The molecular weight excluding hydrogens is 485 g/mol. The summed E-state index contributed by atoms with van der Waals surface area (Å²) < 4.78 is 20.9. The molecule has 0 saturated carbocycles. The maximum absolute atomic E-state index is 15.2. The number of para-hydroxylation sites is 2. The number of anilines is 1. The van der Waals surface area contributed by atoms with Crippen molar-refractivity contribution in [1.29, 1.82) is 0 Å². The van der Waals surface area contributed by atoms with E-state index in [1.165, 1.54) is 21.2 Å². The fourth-order valence-electron chi connectivity index (χ4n) is 5.18. The van der Waals surface area contributed by atoms with E-state index in [1.807, 2.05) is 84.9 Å². The first-order chi connectivity index (χ1) is 18.7. The number of nitrogens with one attached hydrogen (secondary N) is 1. The van der Waals surface area contributed by atoms with Gasteiger partial charge in [0, 0.05) is 22.9 Å². The summed E-state index contributed by atoms with van der Waals surface area (Å²) in [6.07, 6.45) is 2.54. The molecule has 5 aromatic rings. The monoisotopic (exact) mass is 513 g/mol. The minimum Gasteiger partial charge on any atom is -0.496 e. The molecule has 0 spiro atoms. The highest BCUT2D eigenvalue weighted by atomic mass is 31.2. The van der Waals surface area contributed by atoms with Crippen LogP contribution in [0.25, 0.3) is 11.8 Å². The first kappa shape index (κ1) is 24.0. The SMILES string of the molecule is COc1ccccc1[P@](=O)(CC(Nc1ccccc1)=c1ccc2c(c1)C=c1ccccc1=2)c1ccccc1. The average molecular weight is 514 g/mol. The summed E-state index contributed by atoms with van der Waals surface area (Å²) >= 11 is 0. The highest BCUT2D eigenvalue weighted by Gasteiger charge is 2.32. The van der Waals surface area contributed by atoms with E-state index in [9.17, 15) is 0 Å². The lowest BCUT2D eigenvalue weighted by Crippen LogP contribution is -2.25. The number of benzene rings is 5. The minimum atomic E-state index is -3.15. The molecule has 1 atom stereocenters. The Morgan fingerprint density at radius 1 is 0.737 bits per heavy atom. The molecule has 0 bridgehead atoms. The van der Waals surface area contributed by atoms with Crippen molar-refractivity contribution in [2.75, 3.05) is 18.6 Å². The second kappa shape index (κ2) is 10.2. The van der Waals surface area contributed by atoms with E-state index >= 15 is 4.57 Å². The van der Waals surface area contributed by atoms with E-state index in [-0.39, 0.29) is 0 Å². The third kappa shape index (κ3) is 4.47. The number of rotatable bonds is 7. The molecule has 1 aliphatic rings. The number of ether oxygens (including phenoxy) is 1. The summed E-state index contributed by atoms with van der Waals surface area (Å²) in [5.41, 5.74) is 3.03. The van der Waals surface area contributed by atoms with Gasteiger partial charge in [0.25, 0.3) is 0 Å². The Labute approximate surface area is 222 Å². The largest absolute Gasteiger partial charge is 0.496 e. The first-order valence-electron chi connectivity index (χ1n) is 12.7. The molecule has 0 fully saturated rings. The molecule has 0 aromatic heterocycles. The highest BCUT2D eigenvalue weighted by Crippen LogP contribution is 2.47. The second-order valence-corrected chi connectivity index (χ2v) is 12.2. The molecule has 4 heteroatoms. The summed E-state index contributed by atoms with van der Waals surface area (Å²) in [6.45, 7) is 0. The molecule has 0 heterocycles. The van der Waals surface area contributed by atoms with Crippen LogP contribution in [-0.2, 0) is 4.57 Å². The van der Waals surface area contributed by atoms with E-state index in [4.69, 9.17) is 4.74 Å². The zero-order valence-electron chi connectivity index (χ0n) is 21.2. The van der Waals surface area contributed by atoms with E-state index in [0.29, 0.717) is 11.9 Å². The predicted octanol–water partition coefficient (Wildman–Crippen LogP) is 5.36. The molecule has 1 aliphatic carbocycles. The molecular formula is C34H28NO2P. The quantitative estimate of drug-likeness (QED) is 0.292. The fourth-order valence-corrected chi connectivity index (χ4v) is 8.03. The Morgan fingerprint density at radius 2 is 1.42 bits per heavy atom. The number of methoxy groups -OCH3 is 1. The zero-order chi connectivity index (χ0) is 26.0. The van der Waals surface area contributed by atoms with Gasteiger partial charge in [-0.25, -0.2) is 0 Å². The van der Waals surface area contributed by atoms with Crippen molar-refractivity contribution in [2.45, 2.75) is 0 Å². The van der Waals surface area contributed by atoms with Gasteiger partial charge in [-0.2, -0.15) is 0 Å². The number of hydrogen-bond donors (Lipinski definition) is 1. The third-order valence-corrected chi connectivity index (χ3v) is 10.1. The summed E-state index contributed by atoms with van der Waals surface area (Å²) in [5.74, 6) is 0.636. The molecule has 5 aromatic carbocycles. The van der Waals surface area contributed by atoms with Crippen molar-refractivity contribution in [2.24, 2.45) is 0 Å². The van der Waals surface area contributed by atoms with Gasteiger partial charge in [0.05, 0.1) is 12.4 Å². The summed E-state index contributed by atoms with van der Waals surface area (Å²) in [4.78, 5) is 0. The van der Waals surface area contributed by atoms with Gasteiger partial charge in [-0.1, -0.05) is 97.1 Å². The van der Waals surface area contributed by atoms with Crippen LogP contribution in [0.3, 0.4) is 0 Å². The van der Waals surface area contributed by atoms with E-state index in [0.717, 1.165) is 27.2 Å². The molecule has 0 saturated heterocycles. The predicted molar refractivity (Wildman–Crippen MR) is 158 cm³/mol. The standard InChI is InChI=1S/C34H28NO2P/c1-37-33-18-10-11-19-34(33)38(36,29-15-6-3-7-16-29)24-32(35-28-13-4-2-5-14-28)26-20-21-31-27(23-26)22-25-12-8-9-17-30(25)31/h2-23,35H,24H2,1H3/t38-/m0/s1. The van der Waals surface area contributed by atoms with Gasteiger partial charge in [-0.05, 0) is 62.8 Å². The topological polar surface area (TPSA) is 38.3 Å². The zero-order valence-corrected chi connectivity index (χ0v) is 22.1. The van der Waals surface area contributed by atoms with Crippen LogP contribution in [0, 0.1) is 10.4 Å². The van der Waals surface area contributed by atoms with Crippen LogP contribution in [-0.4, -0.2) is 13.3 Å². The van der Waals surface area contributed by atoms with Crippen molar-refractivity contribution in [1.82, 2.24) is 0 Å². The third-order valence-electron chi connectivity index (χ3n) is 7.06. The van der Waals surface area contributed by atoms with Crippen molar-refractivity contribution in [3.63, 3.8) is 0 Å². The number of fused-ring (bicyclic) bond motifs is 2. The van der Waals surface area contributed by atoms with Crippen molar-refractivity contribution >= 4 is 35.2 Å².